The Morgan fingerprint density at radius 3 is 2.12 bits per heavy atom. The SMILES string of the molecule is CCCCCCCCCCC(=O)Nc1cc(OC)c(Cl)cc1OC. The highest BCUT2D eigenvalue weighted by Gasteiger charge is 2.12. The van der Waals surface area contributed by atoms with Gasteiger partial charge in [-0.3, -0.25) is 4.79 Å². The lowest BCUT2D eigenvalue weighted by Crippen LogP contribution is -2.12. The van der Waals surface area contributed by atoms with E-state index in [2.05, 4.69) is 12.2 Å². The van der Waals surface area contributed by atoms with Crippen molar-refractivity contribution in [1.29, 1.82) is 0 Å². The van der Waals surface area contributed by atoms with Gasteiger partial charge in [-0.05, 0) is 6.42 Å². The van der Waals surface area contributed by atoms with Crippen LogP contribution in [0, 0.1) is 0 Å². The Morgan fingerprint density at radius 1 is 0.958 bits per heavy atom. The van der Waals surface area contributed by atoms with E-state index in [4.69, 9.17) is 21.1 Å². The lowest BCUT2D eigenvalue weighted by atomic mass is 10.1. The molecule has 0 bridgehead atoms. The van der Waals surface area contributed by atoms with Crippen LogP contribution in [0.3, 0.4) is 0 Å². The molecule has 0 aromatic heterocycles. The average Bonchev–Trinajstić information content (AvgIpc) is 2.58. The zero-order valence-corrected chi connectivity index (χ0v) is 15.9. The van der Waals surface area contributed by atoms with E-state index >= 15 is 0 Å². The number of rotatable bonds is 12. The lowest BCUT2D eigenvalue weighted by molar-refractivity contribution is -0.116. The predicted molar refractivity (Wildman–Crippen MR) is 100 cm³/mol. The summed E-state index contributed by atoms with van der Waals surface area (Å²) in [5.74, 6) is 1.04. The third-order valence-corrected chi connectivity index (χ3v) is 4.30. The molecule has 0 radical (unpaired) electrons. The maximum absolute atomic E-state index is 12.1. The fourth-order valence-corrected chi connectivity index (χ4v) is 2.82. The minimum Gasteiger partial charge on any atom is -0.495 e. The van der Waals surface area contributed by atoms with Gasteiger partial charge in [0.25, 0.3) is 0 Å². The molecule has 24 heavy (non-hydrogen) atoms. The van der Waals surface area contributed by atoms with E-state index in [-0.39, 0.29) is 5.91 Å². The van der Waals surface area contributed by atoms with Gasteiger partial charge in [0.2, 0.25) is 5.91 Å². The minimum atomic E-state index is -0.0105. The van der Waals surface area contributed by atoms with E-state index in [1.54, 1.807) is 26.4 Å². The Hall–Kier alpha value is -1.42. The second kappa shape index (κ2) is 12.0. The molecule has 0 atom stereocenters. The molecule has 0 aliphatic carbocycles. The molecule has 0 spiro atoms. The van der Waals surface area contributed by atoms with Crippen LogP contribution in [0.15, 0.2) is 12.1 Å². The molecular weight excluding hydrogens is 326 g/mol. The molecule has 0 fully saturated rings. The number of benzene rings is 1. The van der Waals surface area contributed by atoms with Gasteiger partial charge in [0.05, 0.1) is 24.9 Å². The topological polar surface area (TPSA) is 47.6 Å². The van der Waals surface area contributed by atoms with Gasteiger partial charge in [0.15, 0.2) is 0 Å². The van der Waals surface area contributed by atoms with Crippen molar-refractivity contribution in [1.82, 2.24) is 0 Å². The van der Waals surface area contributed by atoms with E-state index in [1.165, 1.54) is 38.5 Å². The molecule has 0 unspecified atom stereocenters. The number of unbranched alkanes of at least 4 members (excludes halogenated alkanes) is 7. The van der Waals surface area contributed by atoms with E-state index in [0.29, 0.717) is 28.6 Å². The van der Waals surface area contributed by atoms with Crippen LogP contribution in [0.2, 0.25) is 5.02 Å². The Bertz CT molecular complexity index is 506. The van der Waals surface area contributed by atoms with Gasteiger partial charge in [0, 0.05) is 18.6 Å². The second-order valence-electron chi connectivity index (χ2n) is 5.96. The molecule has 0 saturated heterocycles. The summed E-state index contributed by atoms with van der Waals surface area (Å²) in [6.07, 6.45) is 10.2. The average molecular weight is 356 g/mol. The normalized spacial score (nSPS) is 10.5. The number of hydrogen-bond acceptors (Lipinski definition) is 3. The molecular formula is C19H30ClNO3. The Balaban J connectivity index is 2.34. The van der Waals surface area contributed by atoms with Crippen LogP contribution in [-0.4, -0.2) is 20.1 Å². The van der Waals surface area contributed by atoms with Crippen molar-refractivity contribution in [2.45, 2.75) is 64.7 Å². The van der Waals surface area contributed by atoms with Crippen LogP contribution in [0.25, 0.3) is 0 Å². The highest BCUT2D eigenvalue weighted by Crippen LogP contribution is 2.35. The first-order valence-corrected chi connectivity index (χ1v) is 9.21. The van der Waals surface area contributed by atoms with Gasteiger partial charge in [-0.15, -0.1) is 0 Å². The fourth-order valence-electron chi connectivity index (χ4n) is 2.59. The molecule has 0 saturated carbocycles. The molecule has 1 aromatic carbocycles. The van der Waals surface area contributed by atoms with Crippen molar-refractivity contribution in [2.24, 2.45) is 0 Å². The van der Waals surface area contributed by atoms with Crippen molar-refractivity contribution in [3.63, 3.8) is 0 Å². The highest BCUT2D eigenvalue weighted by molar-refractivity contribution is 6.32. The van der Waals surface area contributed by atoms with E-state index < -0.39 is 0 Å². The van der Waals surface area contributed by atoms with Gasteiger partial charge in [0.1, 0.15) is 11.5 Å². The summed E-state index contributed by atoms with van der Waals surface area (Å²) in [6, 6.07) is 3.33. The Kier molecular flexibility index (Phi) is 10.3. The number of amides is 1. The van der Waals surface area contributed by atoms with Crippen molar-refractivity contribution in [2.75, 3.05) is 19.5 Å². The third-order valence-electron chi connectivity index (χ3n) is 4.01. The number of hydrogen-bond donors (Lipinski definition) is 1. The van der Waals surface area contributed by atoms with Gasteiger partial charge >= 0.3 is 0 Å². The molecule has 1 N–H and O–H groups in total. The van der Waals surface area contributed by atoms with Gasteiger partial charge < -0.3 is 14.8 Å². The summed E-state index contributed by atoms with van der Waals surface area (Å²) in [5.41, 5.74) is 0.586. The quantitative estimate of drug-likeness (QED) is 0.480. The summed E-state index contributed by atoms with van der Waals surface area (Å²) in [4.78, 5) is 12.1. The summed E-state index contributed by atoms with van der Waals surface area (Å²) in [6.45, 7) is 2.23. The number of carbonyl (C=O) groups is 1. The first-order valence-electron chi connectivity index (χ1n) is 8.83. The highest BCUT2D eigenvalue weighted by atomic mass is 35.5. The third kappa shape index (κ3) is 7.43. The number of ether oxygens (including phenoxy) is 2. The van der Waals surface area contributed by atoms with Crippen LogP contribution in [0.4, 0.5) is 5.69 Å². The number of nitrogens with one attached hydrogen (secondary N) is 1. The molecule has 1 aromatic rings. The zero-order chi connectivity index (χ0) is 17.8. The largest absolute Gasteiger partial charge is 0.495 e. The van der Waals surface area contributed by atoms with Crippen molar-refractivity contribution in [3.8, 4) is 11.5 Å². The lowest BCUT2D eigenvalue weighted by Gasteiger charge is -2.13. The van der Waals surface area contributed by atoms with Gasteiger partial charge in [-0.25, -0.2) is 0 Å². The minimum absolute atomic E-state index is 0.0105. The smallest absolute Gasteiger partial charge is 0.224 e. The van der Waals surface area contributed by atoms with Crippen LogP contribution in [0.1, 0.15) is 64.7 Å². The van der Waals surface area contributed by atoms with Gasteiger partial charge in [-0.2, -0.15) is 0 Å². The fraction of sp³-hybridized carbons (Fsp3) is 0.632. The monoisotopic (exact) mass is 355 g/mol. The number of halogens is 1. The molecule has 4 nitrogen and oxygen atoms in total. The predicted octanol–water partition coefficient (Wildman–Crippen LogP) is 5.83. The van der Waals surface area contributed by atoms with Crippen LogP contribution in [0.5, 0.6) is 11.5 Å². The van der Waals surface area contributed by atoms with E-state index in [9.17, 15) is 4.79 Å². The second-order valence-corrected chi connectivity index (χ2v) is 6.37. The standard InChI is InChI=1S/C19H30ClNO3/c1-4-5-6-7-8-9-10-11-12-19(22)21-16-14-17(23-2)15(20)13-18(16)24-3/h13-14H,4-12H2,1-3H3,(H,21,22). The maximum Gasteiger partial charge on any atom is 0.224 e. The molecule has 0 aliphatic rings. The summed E-state index contributed by atoms with van der Waals surface area (Å²) >= 11 is 6.06. The van der Waals surface area contributed by atoms with Crippen LogP contribution < -0.4 is 14.8 Å². The summed E-state index contributed by atoms with van der Waals surface area (Å²) in [5, 5.41) is 3.33. The molecule has 0 aliphatic heterocycles. The van der Waals surface area contributed by atoms with Crippen LogP contribution in [-0.2, 0) is 4.79 Å². The Morgan fingerprint density at radius 2 is 1.54 bits per heavy atom. The van der Waals surface area contributed by atoms with Crippen molar-refractivity contribution >= 4 is 23.2 Å². The summed E-state index contributed by atoms with van der Waals surface area (Å²) in [7, 11) is 3.09. The first-order chi connectivity index (χ1) is 11.6. The van der Waals surface area contributed by atoms with E-state index in [1.807, 2.05) is 0 Å². The van der Waals surface area contributed by atoms with Crippen LogP contribution >= 0.6 is 11.6 Å². The summed E-state index contributed by atoms with van der Waals surface area (Å²) < 4.78 is 10.4. The molecule has 5 heteroatoms. The zero-order valence-electron chi connectivity index (χ0n) is 15.1. The van der Waals surface area contributed by atoms with Crippen molar-refractivity contribution in [3.05, 3.63) is 17.2 Å². The molecule has 1 amide bonds. The number of anilines is 1. The first kappa shape index (κ1) is 20.6. The van der Waals surface area contributed by atoms with Gasteiger partial charge in [-0.1, -0.05) is 63.5 Å². The van der Waals surface area contributed by atoms with E-state index in [0.717, 1.165) is 12.8 Å². The molecule has 136 valence electrons. The molecule has 0 heterocycles. The number of carbonyl (C=O) groups excluding carboxylic acids is 1. The Labute approximate surface area is 150 Å². The van der Waals surface area contributed by atoms with Crippen molar-refractivity contribution < 1.29 is 14.3 Å². The maximum atomic E-state index is 12.1. The number of methoxy groups -OCH3 is 2. The molecule has 1 rings (SSSR count).